The van der Waals surface area contributed by atoms with Crippen molar-refractivity contribution in [3.8, 4) is 0 Å². The first-order valence-electron chi connectivity index (χ1n) is 7.11. The zero-order chi connectivity index (χ0) is 12.9. The molecule has 2 atom stereocenters. The molecule has 2 aliphatic rings. The van der Waals surface area contributed by atoms with Crippen molar-refractivity contribution >= 4 is 0 Å². The minimum Gasteiger partial charge on any atom is -0.354 e. The second-order valence-electron chi connectivity index (χ2n) is 7.70. The summed E-state index contributed by atoms with van der Waals surface area (Å²) < 4.78 is 6.55. The fraction of sp³-hybridized carbons (Fsp3) is 1.00. The van der Waals surface area contributed by atoms with Crippen LogP contribution in [0.15, 0.2) is 0 Å². The number of nitrogens with one attached hydrogen (secondary N) is 1. The van der Waals surface area contributed by atoms with Crippen molar-refractivity contribution in [1.82, 2.24) is 5.32 Å². The molecule has 2 heteroatoms. The summed E-state index contributed by atoms with van der Waals surface area (Å²) in [7, 11) is 0. The summed E-state index contributed by atoms with van der Waals surface area (Å²) in [6.45, 7) is 14.9. The van der Waals surface area contributed by atoms with E-state index in [0.29, 0.717) is 0 Å². The Hall–Kier alpha value is -0.0800. The highest BCUT2D eigenvalue weighted by Crippen LogP contribution is 2.46. The Bertz CT molecular complexity index is 285. The molecule has 0 aromatic rings. The van der Waals surface area contributed by atoms with Gasteiger partial charge < -0.3 is 4.74 Å². The second-order valence-corrected chi connectivity index (χ2v) is 7.70. The molecule has 1 saturated carbocycles. The molecule has 100 valence electrons. The van der Waals surface area contributed by atoms with E-state index in [4.69, 9.17) is 4.74 Å². The molecular formula is C15H29NO. The van der Waals surface area contributed by atoms with E-state index in [1.54, 1.807) is 0 Å². The Morgan fingerprint density at radius 3 is 2.00 bits per heavy atom. The average molecular weight is 239 g/mol. The minimum absolute atomic E-state index is 0.0466. The molecule has 17 heavy (non-hydrogen) atoms. The summed E-state index contributed by atoms with van der Waals surface area (Å²) in [5.41, 5.74) is 0.0906. The molecule has 1 saturated heterocycles. The third-order valence-corrected chi connectivity index (χ3v) is 5.09. The first-order valence-corrected chi connectivity index (χ1v) is 7.11. The van der Waals surface area contributed by atoms with Gasteiger partial charge in [-0.25, -0.2) is 0 Å². The van der Waals surface area contributed by atoms with Crippen molar-refractivity contribution in [2.24, 2.45) is 17.3 Å². The van der Waals surface area contributed by atoms with Crippen molar-refractivity contribution in [2.75, 3.05) is 6.54 Å². The Balaban J connectivity index is 2.18. The smallest absolute Gasteiger partial charge is 0.120 e. The molecule has 0 aromatic carbocycles. The molecule has 2 rings (SSSR count). The predicted octanol–water partition coefficient (Wildman–Crippen LogP) is 3.56. The van der Waals surface area contributed by atoms with E-state index in [2.05, 4.69) is 46.9 Å². The Morgan fingerprint density at radius 1 is 1.00 bits per heavy atom. The Labute approximate surface area is 107 Å². The lowest BCUT2D eigenvalue weighted by Gasteiger charge is -2.57. The monoisotopic (exact) mass is 239 g/mol. The highest BCUT2D eigenvalue weighted by Gasteiger charge is 2.51. The maximum Gasteiger partial charge on any atom is 0.120 e. The van der Waals surface area contributed by atoms with Gasteiger partial charge in [0.1, 0.15) is 5.72 Å². The molecule has 2 fully saturated rings. The van der Waals surface area contributed by atoms with Gasteiger partial charge in [0.05, 0.1) is 5.60 Å². The number of hydrogen-bond acceptors (Lipinski definition) is 2. The van der Waals surface area contributed by atoms with Crippen LogP contribution in [0.25, 0.3) is 0 Å². The van der Waals surface area contributed by atoms with Crippen molar-refractivity contribution in [3.63, 3.8) is 0 Å². The number of hydrogen-bond donors (Lipinski definition) is 1. The molecule has 1 aliphatic carbocycles. The quantitative estimate of drug-likeness (QED) is 0.698. The normalized spacial score (nSPS) is 44.8. The molecule has 1 aliphatic heterocycles. The van der Waals surface area contributed by atoms with Gasteiger partial charge in [0.2, 0.25) is 0 Å². The van der Waals surface area contributed by atoms with Crippen molar-refractivity contribution in [1.29, 1.82) is 0 Å². The minimum atomic E-state index is -0.0594. The summed E-state index contributed by atoms with van der Waals surface area (Å²) in [5, 5.41) is 3.72. The maximum absolute atomic E-state index is 6.55. The van der Waals surface area contributed by atoms with Gasteiger partial charge in [0, 0.05) is 12.0 Å². The van der Waals surface area contributed by atoms with Gasteiger partial charge in [-0.05, 0) is 44.9 Å². The molecular weight excluding hydrogens is 210 g/mol. The van der Waals surface area contributed by atoms with Crippen LogP contribution in [0.4, 0.5) is 0 Å². The molecule has 1 N–H and O–H groups in total. The number of ether oxygens (including phenoxy) is 1. The van der Waals surface area contributed by atoms with Crippen LogP contribution in [-0.4, -0.2) is 17.9 Å². The largest absolute Gasteiger partial charge is 0.354 e. The first-order chi connectivity index (χ1) is 7.66. The zero-order valence-corrected chi connectivity index (χ0v) is 12.4. The van der Waals surface area contributed by atoms with Crippen LogP contribution < -0.4 is 5.32 Å². The molecule has 2 unspecified atom stereocenters. The zero-order valence-electron chi connectivity index (χ0n) is 12.4. The summed E-state index contributed by atoms with van der Waals surface area (Å²) in [5.74, 6) is 1.53. The SMILES string of the molecule is CC1CC(C)CC2(C1)NCC(C)(C)C(C)(C)O2. The third kappa shape index (κ3) is 2.39. The Kier molecular flexibility index (Phi) is 3.11. The average Bonchev–Trinajstić information content (AvgIpc) is 2.10. The van der Waals surface area contributed by atoms with Gasteiger partial charge in [-0.2, -0.15) is 0 Å². The van der Waals surface area contributed by atoms with Gasteiger partial charge in [0.15, 0.2) is 0 Å². The lowest BCUT2D eigenvalue weighted by atomic mass is 9.71. The fourth-order valence-corrected chi connectivity index (χ4v) is 3.55. The first kappa shape index (κ1) is 13.4. The van der Waals surface area contributed by atoms with Gasteiger partial charge in [-0.3, -0.25) is 5.32 Å². The molecule has 2 nitrogen and oxygen atoms in total. The fourth-order valence-electron chi connectivity index (χ4n) is 3.55. The summed E-state index contributed by atoms with van der Waals surface area (Å²) >= 11 is 0. The van der Waals surface area contributed by atoms with Gasteiger partial charge in [-0.15, -0.1) is 0 Å². The van der Waals surface area contributed by atoms with E-state index < -0.39 is 0 Å². The highest BCUT2D eigenvalue weighted by atomic mass is 16.5. The molecule has 1 heterocycles. The van der Waals surface area contributed by atoms with E-state index in [1.165, 1.54) is 6.42 Å². The van der Waals surface area contributed by atoms with E-state index >= 15 is 0 Å². The number of rotatable bonds is 0. The Morgan fingerprint density at radius 2 is 1.53 bits per heavy atom. The van der Waals surface area contributed by atoms with Crippen LogP contribution in [0.3, 0.4) is 0 Å². The van der Waals surface area contributed by atoms with Gasteiger partial charge in [-0.1, -0.05) is 27.7 Å². The molecule has 0 aromatic heterocycles. The van der Waals surface area contributed by atoms with E-state index in [-0.39, 0.29) is 16.7 Å². The molecule has 0 radical (unpaired) electrons. The summed E-state index contributed by atoms with van der Waals surface area (Å²) in [6, 6.07) is 0. The molecule has 0 amide bonds. The van der Waals surface area contributed by atoms with E-state index in [9.17, 15) is 0 Å². The second kappa shape index (κ2) is 3.96. The van der Waals surface area contributed by atoms with Crippen LogP contribution in [0.2, 0.25) is 0 Å². The lowest BCUT2D eigenvalue weighted by Crippen LogP contribution is -2.67. The lowest BCUT2D eigenvalue weighted by molar-refractivity contribution is -0.254. The van der Waals surface area contributed by atoms with Gasteiger partial charge >= 0.3 is 0 Å². The maximum atomic E-state index is 6.55. The molecule has 1 spiro atoms. The van der Waals surface area contributed by atoms with Crippen molar-refractivity contribution < 1.29 is 4.74 Å². The van der Waals surface area contributed by atoms with Crippen molar-refractivity contribution in [2.45, 2.75) is 72.1 Å². The summed E-state index contributed by atoms with van der Waals surface area (Å²) in [4.78, 5) is 0. The van der Waals surface area contributed by atoms with Crippen LogP contribution in [0.1, 0.15) is 60.8 Å². The topological polar surface area (TPSA) is 21.3 Å². The van der Waals surface area contributed by atoms with Crippen molar-refractivity contribution in [3.05, 3.63) is 0 Å². The van der Waals surface area contributed by atoms with Crippen LogP contribution >= 0.6 is 0 Å². The van der Waals surface area contributed by atoms with Crippen LogP contribution in [0, 0.1) is 17.3 Å². The standard InChI is InChI=1S/C15H29NO/c1-11-7-12(2)9-15(8-11)16-10-13(3,4)14(5,6)17-15/h11-12,16H,7-10H2,1-6H3. The summed E-state index contributed by atoms with van der Waals surface area (Å²) in [6.07, 6.45) is 3.67. The van der Waals surface area contributed by atoms with Gasteiger partial charge in [0.25, 0.3) is 0 Å². The predicted molar refractivity (Wildman–Crippen MR) is 71.9 cm³/mol. The van der Waals surface area contributed by atoms with Crippen LogP contribution in [-0.2, 0) is 4.74 Å². The van der Waals surface area contributed by atoms with E-state index in [1.807, 2.05) is 0 Å². The molecule has 0 bridgehead atoms. The van der Waals surface area contributed by atoms with E-state index in [0.717, 1.165) is 31.2 Å². The van der Waals surface area contributed by atoms with Crippen LogP contribution in [0.5, 0.6) is 0 Å². The third-order valence-electron chi connectivity index (χ3n) is 5.09. The highest BCUT2D eigenvalue weighted by molar-refractivity contribution is 5.01.